The van der Waals surface area contributed by atoms with E-state index in [1.807, 2.05) is 6.92 Å². The zero-order valence-electron chi connectivity index (χ0n) is 17.6. The van der Waals surface area contributed by atoms with Crippen LogP contribution in [0.1, 0.15) is 98.3 Å². The van der Waals surface area contributed by atoms with Gasteiger partial charge in [-0.2, -0.15) is 8.42 Å². The largest absolute Gasteiger partial charge is 0.390 e. The molecule has 0 spiro atoms. The van der Waals surface area contributed by atoms with Crippen LogP contribution in [0, 0.1) is 0 Å². The minimum atomic E-state index is -3.43. The molecule has 0 bridgehead atoms. The molecule has 0 atom stereocenters. The fraction of sp³-hybridized carbons (Fsp3) is 0.950. The molecule has 4 nitrogen and oxygen atoms in total. The van der Waals surface area contributed by atoms with Crippen molar-refractivity contribution in [2.75, 3.05) is 23.0 Å². The van der Waals surface area contributed by atoms with Crippen molar-refractivity contribution in [1.29, 1.82) is 0 Å². The molecule has 158 valence electrons. The van der Waals surface area contributed by atoms with E-state index in [0.29, 0.717) is 18.6 Å². The number of unbranched alkanes of at least 4 members (excludes halogenated alkanes) is 6. The van der Waals surface area contributed by atoms with E-state index in [-0.39, 0.29) is 11.5 Å². The predicted molar refractivity (Wildman–Crippen MR) is 117 cm³/mol. The van der Waals surface area contributed by atoms with Crippen LogP contribution in [0.4, 0.5) is 0 Å². The number of Topliss-reactive ketones (excluding diaryl/α,β-unsaturated/α-hetero) is 1. The second kappa shape index (κ2) is 14.9. The Labute approximate surface area is 164 Å². The molecule has 0 aromatic heterocycles. The van der Waals surface area contributed by atoms with Gasteiger partial charge in [0, 0.05) is 17.9 Å². The van der Waals surface area contributed by atoms with E-state index in [2.05, 4.69) is 24.4 Å². The molecule has 0 saturated heterocycles. The molecule has 0 amide bonds. The van der Waals surface area contributed by atoms with Crippen LogP contribution in [0.3, 0.4) is 0 Å². The molecule has 0 unspecified atom stereocenters. The Balaban J connectivity index is 5.15. The molecule has 0 saturated carbocycles. The minimum absolute atomic E-state index is 0.126. The lowest BCUT2D eigenvalue weighted by molar-refractivity contribution is -0.116. The summed E-state index contributed by atoms with van der Waals surface area (Å²) in [5.41, 5.74) is 0. The summed E-state index contributed by atoms with van der Waals surface area (Å²) in [7, 11) is -5.19. The van der Waals surface area contributed by atoms with Crippen LogP contribution in [0.15, 0.2) is 0 Å². The highest BCUT2D eigenvalue weighted by molar-refractivity contribution is 8.32. The number of ketones is 1. The molecule has 6 heteroatoms. The standard InChI is InChI=1S/C20H42O4S2/c1-5-9-13-14-15-20(21)19-25(16-10-6-2,17-11-7-3)24-26(22,23)18-12-8-4/h5-19H2,1-4H3/p+1. The number of hydrogen-bond acceptors (Lipinski definition) is 3. The van der Waals surface area contributed by atoms with Crippen molar-refractivity contribution in [2.24, 2.45) is 0 Å². The van der Waals surface area contributed by atoms with Crippen molar-refractivity contribution >= 4 is 26.2 Å². The second-order valence-electron chi connectivity index (χ2n) is 7.32. The Morgan fingerprint density at radius 1 is 0.692 bits per heavy atom. The van der Waals surface area contributed by atoms with Crippen molar-refractivity contribution in [3.05, 3.63) is 0 Å². The van der Waals surface area contributed by atoms with Crippen LogP contribution < -0.4 is 0 Å². The molecule has 0 rings (SSSR count). The highest BCUT2D eigenvalue weighted by Gasteiger charge is 2.37. The third-order valence-electron chi connectivity index (χ3n) is 4.52. The second-order valence-corrected chi connectivity index (χ2v) is 12.6. The van der Waals surface area contributed by atoms with E-state index < -0.39 is 20.4 Å². The molecule has 0 aromatic rings. The molecule has 26 heavy (non-hydrogen) atoms. The van der Waals surface area contributed by atoms with Gasteiger partial charge in [0.2, 0.25) is 0 Å². The lowest BCUT2D eigenvalue weighted by Gasteiger charge is -2.33. The Morgan fingerprint density at radius 3 is 1.69 bits per heavy atom. The summed E-state index contributed by atoms with van der Waals surface area (Å²) in [5.74, 6) is 2.30. The first-order valence-corrected chi connectivity index (χ1v) is 14.3. The van der Waals surface area contributed by atoms with Gasteiger partial charge in [0.25, 0.3) is 0 Å². The maximum Gasteiger partial charge on any atom is 0.390 e. The van der Waals surface area contributed by atoms with Gasteiger partial charge < -0.3 is 0 Å². The third kappa shape index (κ3) is 12.3. The first-order chi connectivity index (χ1) is 12.3. The van der Waals surface area contributed by atoms with Gasteiger partial charge in [-0.3, -0.25) is 8.42 Å². The average molecular weight is 412 g/mol. The van der Waals surface area contributed by atoms with Gasteiger partial charge >= 0.3 is 10.1 Å². The van der Waals surface area contributed by atoms with E-state index in [4.69, 9.17) is 0 Å². The van der Waals surface area contributed by atoms with E-state index in [0.717, 1.165) is 69.3 Å². The minimum Gasteiger partial charge on any atom is -0.299 e. The number of rotatable bonds is 18. The highest BCUT2D eigenvalue weighted by atomic mass is 32.3. The molecule has 0 aliphatic carbocycles. The summed E-state index contributed by atoms with van der Waals surface area (Å²) in [4.78, 5) is 12.6. The maximum absolute atomic E-state index is 12.6. The van der Waals surface area contributed by atoms with Crippen LogP contribution >= 0.6 is 10.3 Å². The number of carbonyl (C=O) groups excluding carboxylic acids is 1. The zero-order chi connectivity index (χ0) is 19.9. The monoisotopic (exact) mass is 411 g/mol. The Hall–Kier alpha value is -0.0700. The lowest BCUT2D eigenvalue weighted by Crippen LogP contribution is -2.29. The molecular formula is C20H43O4S2+. The van der Waals surface area contributed by atoms with Crippen LogP contribution in [0.2, 0.25) is 0 Å². The lowest BCUT2D eigenvalue weighted by atomic mass is 10.1. The van der Waals surface area contributed by atoms with Crippen LogP contribution in [-0.2, 0) is 14.9 Å². The Bertz CT molecular complexity index is 452. The molecular weight excluding hydrogens is 368 g/mol. The first-order valence-electron chi connectivity index (χ1n) is 10.6. The smallest absolute Gasteiger partial charge is 0.299 e. The van der Waals surface area contributed by atoms with Crippen LogP contribution in [0.5, 0.6) is 0 Å². The van der Waals surface area contributed by atoms with Crippen LogP contribution in [-0.4, -0.2) is 40.8 Å². The van der Waals surface area contributed by atoms with Crippen molar-refractivity contribution in [2.45, 2.75) is 98.3 Å². The van der Waals surface area contributed by atoms with Gasteiger partial charge in [0.15, 0.2) is 0 Å². The molecule has 0 radical (unpaired) electrons. The Morgan fingerprint density at radius 2 is 1.19 bits per heavy atom. The fourth-order valence-corrected chi connectivity index (χ4v) is 9.47. The van der Waals surface area contributed by atoms with Gasteiger partial charge in [-0.1, -0.05) is 66.2 Å². The summed E-state index contributed by atoms with van der Waals surface area (Å²) in [5, 5.41) is 0. The summed E-state index contributed by atoms with van der Waals surface area (Å²) in [6.45, 7) is 8.38. The van der Waals surface area contributed by atoms with E-state index >= 15 is 0 Å². The van der Waals surface area contributed by atoms with Crippen molar-refractivity contribution in [3.63, 3.8) is 0 Å². The maximum atomic E-state index is 12.6. The average Bonchev–Trinajstić information content (AvgIpc) is 2.60. The van der Waals surface area contributed by atoms with E-state index in [1.54, 1.807) is 0 Å². The van der Waals surface area contributed by atoms with Gasteiger partial charge in [0.1, 0.15) is 11.5 Å². The predicted octanol–water partition coefficient (Wildman–Crippen LogP) is 6.07. The molecule has 1 N–H and O–H groups in total. The molecule has 0 aromatic carbocycles. The topological polar surface area (TPSA) is 64.0 Å². The number of carbonyl (C=O) groups is 1. The van der Waals surface area contributed by atoms with E-state index in [1.165, 1.54) is 0 Å². The summed E-state index contributed by atoms with van der Waals surface area (Å²) >= 11 is 0. The van der Waals surface area contributed by atoms with Gasteiger partial charge in [-0.05, 0) is 36.0 Å². The van der Waals surface area contributed by atoms with Crippen molar-refractivity contribution in [1.82, 2.24) is 0 Å². The Kier molecular flexibility index (Phi) is 14.9. The van der Waals surface area contributed by atoms with Crippen LogP contribution in [0.25, 0.3) is 0 Å². The van der Waals surface area contributed by atoms with Gasteiger partial charge in [-0.15, -0.1) is 0 Å². The molecule has 0 fully saturated rings. The summed E-state index contributed by atoms with van der Waals surface area (Å²) < 4.78 is 29.6. The quantitative estimate of drug-likeness (QED) is 0.156. The van der Waals surface area contributed by atoms with Gasteiger partial charge in [0.05, 0.1) is 5.75 Å². The van der Waals surface area contributed by atoms with Crippen molar-refractivity contribution in [3.8, 4) is 0 Å². The molecule has 0 heterocycles. The SMILES string of the molecule is CCCCCCC(=O)CS(CCCC)(CCCC)[OH+]S(=O)(=O)CCCC. The highest BCUT2D eigenvalue weighted by Crippen LogP contribution is 2.50. The number of hydrogen-bond donors (Lipinski definition) is 0. The normalized spacial score (nSPS) is 13.1. The van der Waals surface area contributed by atoms with Crippen molar-refractivity contribution < 1.29 is 16.8 Å². The third-order valence-corrected chi connectivity index (χ3v) is 10.5. The first kappa shape index (κ1) is 25.9. The molecule has 0 aliphatic heterocycles. The summed E-state index contributed by atoms with van der Waals surface area (Å²) in [6, 6.07) is 0. The van der Waals surface area contributed by atoms with Gasteiger partial charge in [-0.25, -0.2) is 0 Å². The fourth-order valence-electron chi connectivity index (χ4n) is 2.90. The summed E-state index contributed by atoms with van der Waals surface area (Å²) in [6.07, 6.45) is 10.3. The molecule has 0 aliphatic rings. The van der Waals surface area contributed by atoms with E-state index in [9.17, 15) is 13.2 Å². The zero-order valence-corrected chi connectivity index (χ0v) is 19.2.